The highest BCUT2D eigenvalue weighted by molar-refractivity contribution is 6.34. The lowest BCUT2D eigenvalue weighted by molar-refractivity contribution is 0.458. The smallest absolute Gasteiger partial charge is 0.152 e. The Morgan fingerprint density at radius 2 is 2.24 bits per heavy atom. The van der Waals surface area contributed by atoms with E-state index < -0.39 is 0 Å². The Morgan fingerprint density at radius 3 is 2.86 bits per heavy atom. The third-order valence-electron chi connectivity index (χ3n) is 3.59. The summed E-state index contributed by atoms with van der Waals surface area (Å²) in [5, 5.41) is 5.99. The first-order valence-corrected chi connectivity index (χ1v) is 7.18. The fourth-order valence-corrected chi connectivity index (χ4v) is 2.71. The van der Waals surface area contributed by atoms with Gasteiger partial charge in [0.15, 0.2) is 5.58 Å². The molecule has 1 unspecified atom stereocenters. The van der Waals surface area contributed by atoms with Crippen molar-refractivity contribution in [1.82, 2.24) is 15.2 Å². The lowest BCUT2D eigenvalue weighted by Crippen LogP contribution is -2.30. The zero-order valence-corrected chi connectivity index (χ0v) is 12.7. The molecule has 21 heavy (non-hydrogen) atoms. The maximum absolute atomic E-state index is 6.16. The Bertz CT molecular complexity index is 777. The van der Waals surface area contributed by atoms with Crippen LogP contribution in [0.2, 0.25) is 5.02 Å². The van der Waals surface area contributed by atoms with Gasteiger partial charge in [0.05, 0.1) is 16.4 Å². The SMILES string of the molecule is CCc1cc(C(NN)c2cc3cccc(Cl)c3o2)n(C)n1. The first-order chi connectivity index (χ1) is 10.1. The third-order valence-corrected chi connectivity index (χ3v) is 3.89. The largest absolute Gasteiger partial charge is 0.457 e. The molecule has 110 valence electrons. The van der Waals surface area contributed by atoms with E-state index in [9.17, 15) is 0 Å². The number of para-hydroxylation sites is 1. The molecule has 0 aliphatic rings. The number of aryl methyl sites for hydroxylation is 2. The lowest BCUT2D eigenvalue weighted by Gasteiger charge is -2.13. The van der Waals surface area contributed by atoms with E-state index in [4.69, 9.17) is 21.9 Å². The predicted octanol–water partition coefficient (Wildman–Crippen LogP) is 2.93. The van der Waals surface area contributed by atoms with Crippen LogP contribution in [0, 0.1) is 0 Å². The van der Waals surface area contributed by atoms with Crippen molar-refractivity contribution in [3.63, 3.8) is 0 Å². The molecule has 1 atom stereocenters. The molecule has 2 heterocycles. The Labute approximate surface area is 127 Å². The van der Waals surface area contributed by atoms with Crippen molar-refractivity contribution >= 4 is 22.6 Å². The van der Waals surface area contributed by atoms with Gasteiger partial charge < -0.3 is 4.42 Å². The van der Waals surface area contributed by atoms with Crippen LogP contribution in [-0.2, 0) is 13.5 Å². The number of nitrogens with two attached hydrogens (primary N) is 1. The molecule has 0 radical (unpaired) electrons. The minimum absolute atomic E-state index is 0.272. The molecule has 3 aromatic rings. The first kappa shape index (κ1) is 14.1. The number of hydrogen-bond acceptors (Lipinski definition) is 4. The van der Waals surface area contributed by atoms with Gasteiger partial charge in [-0.05, 0) is 24.6 Å². The summed E-state index contributed by atoms with van der Waals surface area (Å²) >= 11 is 6.16. The summed E-state index contributed by atoms with van der Waals surface area (Å²) in [6, 6.07) is 9.37. The molecule has 0 aliphatic heterocycles. The van der Waals surface area contributed by atoms with Crippen molar-refractivity contribution in [1.29, 1.82) is 0 Å². The molecule has 3 rings (SSSR count). The highest BCUT2D eigenvalue weighted by Gasteiger charge is 2.21. The predicted molar refractivity (Wildman–Crippen MR) is 83.0 cm³/mol. The zero-order chi connectivity index (χ0) is 15.0. The summed E-state index contributed by atoms with van der Waals surface area (Å²) in [6.45, 7) is 2.07. The molecule has 0 aliphatic carbocycles. The standard InChI is InChI=1S/C15H17ClN4O/c1-3-10-8-12(20(2)19-10)14(18-17)13-7-9-5-4-6-11(16)15(9)21-13/h4-8,14,18H,3,17H2,1-2H3. The van der Waals surface area contributed by atoms with Gasteiger partial charge in [-0.25, -0.2) is 5.43 Å². The topological polar surface area (TPSA) is 69.0 Å². The molecule has 0 saturated carbocycles. The van der Waals surface area contributed by atoms with E-state index >= 15 is 0 Å². The van der Waals surface area contributed by atoms with Gasteiger partial charge in [0.1, 0.15) is 11.8 Å². The number of fused-ring (bicyclic) bond motifs is 1. The van der Waals surface area contributed by atoms with Crippen molar-refractivity contribution in [3.8, 4) is 0 Å². The third kappa shape index (κ3) is 2.44. The minimum Gasteiger partial charge on any atom is -0.457 e. The second-order valence-corrected chi connectivity index (χ2v) is 5.35. The van der Waals surface area contributed by atoms with Crippen LogP contribution in [0.3, 0.4) is 0 Å². The summed E-state index contributed by atoms with van der Waals surface area (Å²) in [4.78, 5) is 0. The molecule has 2 aromatic heterocycles. The van der Waals surface area contributed by atoms with Crippen molar-refractivity contribution in [2.75, 3.05) is 0 Å². The van der Waals surface area contributed by atoms with Crippen LogP contribution in [0.1, 0.15) is 30.1 Å². The lowest BCUT2D eigenvalue weighted by atomic mass is 10.1. The summed E-state index contributed by atoms with van der Waals surface area (Å²) in [6.07, 6.45) is 0.872. The summed E-state index contributed by atoms with van der Waals surface area (Å²) in [5.41, 5.74) is 5.43. The normalized spacial score (nSPS) is 13.0. The van der Waals surface area contributed by atoms with E-state index in [0.717, 1.165) is 23.2 Å². The van der Waals surface area contributed by atoms with Gasteiger partial charge in [0.2, 0.25) is 0 Å². The molecular weight excluding hydrogens is 288 g/mol. The molecule has 6 heteroatoms. The van der Waals surface area contributed by atoms with Crippen LogP contribution in [0.5, 0.6) is 0 Å². The highest BCUT2D eigenvalue weighted by Crippen LogP contribution is 2.31. The van der Waals surface area contributed by atoms with Gasteiger partial charge >= 0.3 is 0 Å². The number of benzene rings is 1. The van der Waals surface area contributed by atoms with Crippen molar-refractivity contribution in [2.45, 2.75) is 19.4 Å². The van der Waals surface area contributed by atoms with Crippen molar-refractivity contribution in [2.24, 2.45) is 12.9 Å². The number of hydrogen-bond donors (Lipinski definition) is 2. The second kappa shape index (κ2) is 5.52. The van der Waals surface area contributed by atoms with Gasteiger partial charge in [-0.2, -0.15) is 5.10 Å². The van der Waals surface area contributed by atoms with E-state index in [-0.39, 0.29) is 6.04 Å². The van der Waals surface area contributed by atoms with Gasteiger partial charge in [-0.1, -0.05) is 30.7 Å². The fraction of sp³-hybridized carbons (Fsp3) is 0.267. The zero-order valence-electron chi connectivity index (χ0n) is 11.9. The van der Waals surface area contributed by atoms with Crippen molar-refractivity contribution < 1.29 is 4.42 Å². The van der Waals surface area contributed by atoms with Crippen LogP contribution in [0.15, 0.2) is 34.7 Å². The van der Waals surface area contributed by atoms with Crippen LogP contribution < -0.4 is 11.3 Å². The number of hydrazine groups is 1. The maximum Gasteiger partial charge on any atom is 0.152 e. The number of aromatic nitrogens is 2. The van der Waals surface area contributed by atoms with Crippen LogP contribution >= 0.6 is 11.6 Å². The summed E-state index contributed by atoms with van der Waals surface area (Å²) < 4.78 is 7.71. The maximum atomic E-state index is 6.16. The molecule has 0 amide bonds. The quantitative estimate of drug-likeness (QED) is 0.574. The van der Waals surface area contributed by atoms with Gasteiger partial charge in [-0.3, -0.25) is 10.5 Å². The molecule has 3 N–H and O–H groups in total. The number of halogens is 1. The molecular formula is C15H17ClN4O. The monoisotopic (exact) mass is 304 g/mol. The van der Waals surface area contributed by atoms with E-state index in [1.807, 2.05) is 36.0 Å². The van der Waals surface area contributed by atoms with Crippen LogP contribution in [0.25, 0.3) is 11.0 Å². The number of nitrogens with zero attached hydrogens (tertiary/aromatic N) is 2. The highest BCUT2D eigenvalue weighted by atomic mass is 35.5. The Kier molecular flexibility index (Phi) is 3.71. The average Bonchev–Trinajstić information content (AvgIpc) is 3.05. The second-order valence-electron chi connectivity index (χ2n) is 4.94. The summed E-state index contributed by atoms with van der Waals surface area (Å²) in [5.74, 6) is 6.45. The Balaban J connectivity index is 2.09. The summed E-state index contributed by atoms with van der Waals surface area (Å²) in [7, 11) is 1.90. The van der Waals surface area contributed by atoms with Crippen LogP contribution in [0.4, 0.5) is 0 Å². The fourth-order valence-electron chi connectivity index (χ4n) is 2.49. The number of furan rings is 1. The van der Waals surface area contributed by atoms with Gasteiger partial charge in [-0.15, -0.1) is 0 Å². The number of nitrogens with one attached hydrogen (secondary N) is 1. The van der Waals surface area contributed by atoms with Crippen LogP contribution in [-0.4, -0.2) is 9.78 Å². The Hall–Kier alpha value is -1.82. The molecule has 0 spiro atoms. The van der Waals surface area contributed by atoms with E-state index in [0.29, 0.717) is 16.4 Å². The Morgan fingerprint density at radius 1 is 1.43 bits per heavy atom. The van der Waals surface area contributed by atoms with Crippen molar-refractivity contribution in [3.05, 3.63) is 52.5 Å². The molecule has 0 fully saturated rings. The molecule has 1 aromatic carbocycles. The molecule has 5 nitrogen and oxygen atoms in total. The van der Waals surface area contributed by atoms with Gasteiger partial charge in [0.25, 0.3) is 0 Å². The molecule has 0 saturated heterocycles. The first-order valence-electron chi connectivity index (χ1n) is 6.81. The van der Waals surface area contributed by atoms with E-state index in [1.54, 1.807) is 6.07 Å². The van der Waals surface area contributed by atoms with E-state index in [1.165, 1.54) is 0 Å². The molecule has 0 bridgehead atoms. The average molecular weight is 305 g/mol. The van der Waals surface area contributed by atoms with E-state index in [2.05, 4.69) is 17.4 Å². The van der Waals surface area contributed by atoms with Gasteiger partial charge in [0, 0.05) is 12.4 Å². The number of rotatable bonds is 4. The minimum atomic E-state index is -0.272.